The monoisotopic (exact) mass is 310 g/mol. The van der Waals surface area contributed by atoms with E-state index in [9.17, 15) is 0 Å². The number of benzene rings is 2. The predicted octanol–water partition coefficient (Wildman–Crippen LogP) is 4.58. The van der Waals surface area contributed by atoms with Crippen LogP contribution >= 0.6 is 19.8 Å². The van der Waals surface area contributed by atoms with Gasteiger partial charge >= 0.3 is 98.6 Å². The molecule has 1 heteroatoms. The molecule has 0 aromatic heterocycles. The summed E-state index contributed by atoms with van der Waals surface area (Å²) in [6.07, 6.45) is 2.26. The van der Waals surface area contributed by atoms with Crippen LogP contribution in [0.25, 0.3) is 16.8 Å². The van der Waals surface area contributed by atoms with E-state index < -0.39 is 19.8 Å². The zero-order valence-electron chi connectivity index (χ0n) is 9.07. The Morgan fingerprint density at radius 1 is 0.933 bits per heavy atom. The van der Waals surface area contributed by atoms with Crippen LogP contribution in [-0.2, 0) is 0 Å². The average Bonchev–Trinajstić information content (AvgIpc) is 2.26. The van der Waals surface area contributed by atoms with E-state index in [2.05, 4.69) is 62.5 Å². The van der Waals surface area contributed by atoms with Crippen LogP contribution in [0.5, 0.6) is 0 Å². The number of rotatable bonds is 2. The summed E-state index contributed by atoms with van der Waals surface area (Å²) in [6, 6.07) is 15.1. The van der Waals surface area contributed by atoms with Crippen molar-refractivity contribution >= 4 is 36.7 Å². The van der Waals surface area contributed by atoms with E-state index in [1.165, 1.54) is 16.3 Å². The summed E-state index contributed by atoms with van der Waals surface area (Å²) < 4.78 is 2.38. The Morgan fingerprint density at radius 2 is 1.67 bits per heavy atom. The summed E-state index contributed by atoms with van der Waals surface area (Å²) in [7, 11) is 0. The fourth-order valence-corrected chi connectivity index (χ4v) is 2.64. The van der Waals surface area contributed by atoms with Crippen LogP contribution in [0.3, 0.4) is 0 Å². The third-order valence-corrected chi connectivity index (χ3v) is 4.08. The first-order valence-electron chi connectivity index (χ1n) is 4.91. The molecule has 0 unspecified atom stereocenters. The van der Waals surface area contributed by atoms with Gasteiger partial charge in [-0.05, 0) is 0 Å². The fourth-order valence-electron chi connectivity index (χ4n) is 1.51. The summed E-state index contributed by atoms with van der Waals surface area (Å²) >= 11 is -0.735. The molecule has 0 atom stereocenters. The van der Waals surface area contributed by atoms with E-state index in [0.717, 1.165) is 0 Å². The molecule has 0 fully saturated rings. The molecule has 0 N–H and O–H groups in total. The van der Waals surface area contributed by atoms with Crippen LogP contribution in [-0.4, -0.2) is 9.86 Å². The van der Waals surface area contributed by atoms with Gasteiger partial charge < -0.3 is 0 Å². The van der Waals surface area contributed by atoms with Crippen molar-refractivity contribution in [3.8, 4) is 0 Å². The Morgan fingerprint density at radius 3 is 2.40 bits per heavy atom. The summed E-state index contributed by atoms with van der Waals surface area (Å²) in [5.41, 5.74) is 1.32. The Hall–Kier alpha value is -0.830. The molecule has 0 aliphatic carbocycles. The van der Waals surface area contributed by atoms with Crippen molar-refractivity contribution in [3.05, 3.63) is 52.1 Å². The molecule has 2 aromatic rings. The maximum atomic E-state index is 2.38. The van der Waals surface area contributed by atoms with Gasteiger partial charge in [0.2, 0.25) is 0 Å². The third-order valence-electron chi connectivity index (χ3n) is 2.28. The second-order valence-corrected chi connectivity index (χ2v) is 9.08. The first-order valence-corrected chi connectivity index (χ1v) is 10.5. The quantitative estimate of drug-likeness (QED) is 0.563. The second kappa shape index (κ2) is 4.79. The van der Waals surface area contributed by atoms with Crippen molar-refractivity contribution < 1.29 is 0 Å². The molecule has 2 rings (SSSR count). The van der Waals surface area contributed by atoms with Gasteiger partial charge in [-0.25, -0.2) is 0 Å². The van der Waals surface area contributed by atoms with Crippen molar-refractivity contribution in [2.45, 2.75) is 0 Å². The molecule has 0 radical (unpaired) electrons. The van der Waals surface area contributed by atoms with Crippen LogP contribution in [0.1, 0.15) is 5.56 Å². The normalized spacial score (nSPS) is 12.3. The van der Waals surface area contributed by atoms with Gasteiger partial charge in [0.25, 0.3) is 0 Å². The summed E-state index contributed by atoms with van der Waals surface area (Å²) in [4.78, 5) is 4.70. The Bertz CT molecular complexity index is 483. The molecule has 0 saturated heterocycles. The summed E-state index contributed by atoms with van der Waals surface area (Å²) in [6.45, 7) is 0. The number of hydrogen-bond acceptors (Lipinski definition) is 0. The maximum absolute atomic E-state index is 2.38. The Labute approximate surface area is 98.4 Å². The van der Waals surface area contributed by atoms with E-state index in [1.807, 2.05) is 0 Å². The number of halogens is 1. The van der Waals surface area contributed by atoms with E-state index in [4.69, 9.17) is 0 Å². The Kier molecular flexibility index (Phi) is 3.41. The minimum atomic E-state index is -0.735. The fraction of sp³-hybridized carbons (Fsp3) is 0.143. The van der Waals surface area contributed by atoms with Crippen LogP contribution in [0, 0.1) is 0 Å². The van der Waals surface area contributed by atoms with Crippen LogP contribution in [0.2, 0.25) is 0 Å². The van der Waals surface area contributed by atoms with E-state index in [0.29, 0.717) is 0 Å². The number of alkyl halides is 2. The third kappa shape index (κ3) is 2.81. The predicted molar refractivity (Wildman–Crippen MR) is 78.9 cm³/mol. The molecule has 15 heavy (non-hydrogen) atoms. The minimum absolute atomic E-state index is 0.735. The average molecular weight is 310 g/mol. The zero-order chi connectivity index (χ0) is 10.7. The molecule has 0 aliphatic heterocycles. The van der Waals surface area contributed by atoms with Gasteiger partial charge in [-0.2, -0.15) is 0 Å². The molecule has 2 aromatic carbocycles. The number of hydrogen-bond donors (Lipinski definition) is 0. The first kappa shape index (κ1) is 10.7. The van der Waals surface area contributed by atoms with Gasteiger partial charge in [0, 0.05) is 0 Å². The van der Waals surface area contributed by atoms with Gasteiger partial charge in [0.15, 0.2) is 0 Å². The van der Waals surface area contributed by atoms with Crippen LogP contribution in [0.4, 0.5) is 0 Å². The van der Waals surface area contributed by atoms with Crippen molar-refractivity contribution in [1.29, 1.82) is 0 Å². The van der Waals surface area contributed by atoms with Crippen molar-refractivity contribution in [2.24, 2.45) is 0 Å². The Balaban J connectivity index is 2.39. The first-order chi connectivity index (χ1) is 7.25. The van der Waals surface area contributed by atoms with Gasteiger partial charge in [-0.3, -0.25) is 0 Å². The molecular formula is C14H15I. The number of fused-ring (bicyclic) bond motifs is 1. The second-order valence-electron chi connectivity index (χ2n) is 3.71. The molecular weight excluding hydrogens is 295 g/mol. The molecule has 0 spiro atoms. The van der Waals surface area contributed by atoms with E-state index in [-0.39, 0.29) is 0 Å². The standard InChI is InChI=1S/C14H15I/c1-15(2)10-9-12-7-8-13-5-3-4-6-14(13)11-12/h3-11H,1-2H3/b10-9+. The van der Waals surface area contributed by atoms with Crippen molar-refractivity contribution in [1.82, 2.24) is 0 Å². The molecule has 78 valence electrons. The molecule has 0 aliphatic rings. The zero-order valence-corrected chi connectivity index (χ0v) is 11.2. The van der Waals surface area contributed by atoms with E-state index in [1.54, 1.807) is 0 Å². The van der Waals surface area contributed by atoms with Crippen LogP contribution in [0.15, 0.2) is 46.5 Å². The van der Waals surface area contributed by atoms with Gasteiger partial charge in [-0.1, -0.05) is 0 Å². The molecule has 0 heterocycles. The van der Waals surface area contributed by atoms with Crippen molar-refractivity contribution in [2.75, 3.05) is 9.86 Å². The van der Waals surface area contributed by atoms with Gasteiger partial charge in [0.05, 0.1) is 0 Å². The molecule has 0 amide bonds. The summed E-state index contributed by atoms with van der Waals surface area (Å²) in [5, 5.41) is 2.64. The van der Waals surface area contributed by atoms with Crippen LogP contribution < -0.4 is 0 Å². The van der Waals surface area contributed by atoms with Crippen molar-refractivity contribution in [3.63, 3.8) is 0 Å². The topological polar surface area (TPSA) is 0 Å². The van der Waals surface area contributed by atoms with Gasteiger partial charge in [0.1, 0.15) is 0 Å². The molecule has 0 saturated carbocycles. The molecule has 0 nitrogen and oxygen atoms in total. The molecule has 0 bridgehead atoms. The van der Waals surface area contributed by atoms with E-state index >= 15 is 0 Å². The van der Waals surface area contributed by atoms with Gasteiger partial charge in [-0.15, -0.1) is 0 Å². The summed E-state index contributed by atoms with van der Waals surface area (Å²) in [5.74, 6) is 0. The SMILES string of the molecule is CI(C)/C=C/c1ccc2ccccc2c1.